The molecule has 5 nitrogen and oxygen atoms in total. The van der Waals surface area contributed by atoms with Gasteiger partial charge in [0.25, 0.3) is 5.79 Å². The van der Waals surface area contributed by atoms with Crippen molar-refractivity contribution in [2.24, 2.45) is 5.92 Å². The molecule has 1 fully saturated rings. The van der Waals surface area contributed by atoms with Gasteiger partial charge in [-0.2, -0.15) is 0 Å². The minimum absolute atomic E-state index is 0.474. The molecule has 1 aromatic rings. The molecule has 0 aromatic heterocycles. The second-order valence-electron chi connectivity index (χ2n) is 5.46. The summed E-state index contributed by atoms with van der Waals surface area (Å²) in [6.45, 7) is 3.55. The van der Waals surface area contributed by atoms with Gasteiger partial charge in [0.15, 0.2) is 5.92 Å². The zero-order valence-electron chi connectivity index (χ0n) is 11.4. The highest BCUT2D eigenvalue weighted by molar-refractivity contribution is 5.97. The fraction of sp³-hybridized carbons (Fsp3) is 0.467. The van der Waals surface area contributed by atoms with E-state index in [9.17, 15) is 9.59 Å². The van der Waals surface area contributed by atoms with Gasteiger partial charge in [-0.15, -0.1) is 0 Å². The Kier molecular flexibility index (Phi) is 3.01. The van der Waals surface area contributed by atoms with Crippen LogP contribution in [-0.2, 0) is 30.2 Å². The lowest BCUT2D eigenvalue weighted by molar-refractivity contribution is -0.246. The first kappa shape index (κ1) is 13.1. The van der Waals surface area contributed by atoms with E-state index in [1.54, 1.807) is 0 Å². The van der Waals surface area contributed by atoms with Crippen molar-refractivity contribution in [2.45, 2.75) is 32.2 Å². The van der Waals surface area contributed by atoms with E-state index in [1.165, 1.54) is 13.8 Å². The summed E-state index contributed by atoms with van der Waals surface area (Å²) in [4.78, 5) is 24.3. The molecule has 0 bridgehead atoms. The quantitative estimate of drug-likeness (QED) is 0.577. The second kappa shape index (κ2) is 4.59. The van der Waals surface area contributed by atoms with Crippen LogP contribution < -0.4 is 0 Å². The summed E-state index contributed by atoms with van der Waals surface area (Å²) in [7, 11) is 0. The van der Waals surface area contributed by atoms with Crippen molar-refractivity contribution >= 4 is 11.9 Å². The van der Waals surface area contributed by atoms with Crippen LogP contribution in [0.4, 0.5) is 0 Å². The van der Waals surface area contributed by atoms with Crippen molar-refractivity contribution in [3.8, 4) is 0 Å². The molecule has 1 saturated heterocycles. The van der Waals surface area contributed by atoms with Gasteiger partial charge in [0.1, 0.15) is 6.10 Å². The minimum Gasteiger partial charge on any atom is -0.422 e. The summed E-state index contributed by atoms with van der Waals surface area (Å²) >= 11 is 0. The van der Waals surface area contributed by atoms with Gasteiger partial charge >= 0.3 is 11.9 Å². The van der Waals surface area contributed by atoms with E-state index in [0.29, 0.717) is 6.61 Å². The molecule has 0 aliphatic carbocycles. The first-order valence-electron chi connectivity index (χ1n) is 6.63. The van der Waals surface area contributed by atoms with E-state index in [2.05, 4.69) is 0 Å². The molecular formula is C15H16O5. The topological polar surface area (TPSA) is 61.8 Å². The summed E-state index contributed by atoms with van der Waals surface area (Å²) in [6, 6.07) is 7.65. The van der Waals surface area contributed by atoms with Crippen LogP contribution in [0, 0.1) is 5.92 Å². The Morgan fingerprint density at radius 1 is 1.10 bits per heavy atom. The molecule has 0 amide bonds. The lowest BCUT2D eigenvalue weighted by Gasteiger charge is -2.37. The molecule has 2 aliphatic rings. The first-order valence-corrected chi connectivity index (χ1v) is 6.63. The van der Waals surface area contributed by atoms with E-state index in [0.717, 1.165) is 17.5 Å². The normalized spacial score (nSPS) is 25.6. The molecule has 1 aromatic carbocycles. The standard InChI is InChI=1S/C15H16O5/c1-15(2)19-13(16)11(14(17)20-15)12-10-6-4-3-5-9(10)7-8-18-12/h3-6,11-12H,7-8H2,1-2H3. The maximum Gasteiger partial charge on any atom is 0.326 e. The molecule has 106 valence electrons. The summed E-state index contributed by atoms with van der Waals surface area (Å²) in [6.07, 6.45) is 0.144. The molecule has 20 heavy (non-hydrogen) atoms. The van der Waals surface area contributed by atoms with Gasteiger partial charge < -0.3 is 14.2 Å². The molecule has 0 saturated carbocycles. The smallest absolute Gasteiger partial charge is 0.326 e. The molecule has 1 unspecified atom stereocenters. The maximum absolute atomic E-state index is 12.1. The lowest BCUT2D eigenvalue weighted by Crippen LogP contribution is -2.49. The Bertz CT molecular complexity index is 543. The number of rotatable bonds is 1. The number of cyclic esters (lactones) is 2. The molecule has 3 rings (SSSR count). The molecule has 1 atom stereocenters. The Morgan fingerprint density at radius 2 is 1.75 bits per heavy atom. The predicted octanol–water partition coefficient (Wildman–Crippen LogP) is 1.75. The van der Waals surface area contributed by atoms with Crippen molar-refractivity contribution < 1.29 is 23.8 Å². The van der Waals surface area contributed by atoms with Crippen LogP contribution in [0.3, 0.4) is 0 Å². The zero-order chi connectivity index (χ0) is 14.3. The van der Waals surface area contributed by atoms with E-state index in [-0.39, 0.29) is 0 Å². The van der Waals surface area contributed by atoms with Crippen molar-refractivity contribution in [3.63, 3.8) is 0 Å². The fourth-order valence-corrected chi connectivity index (χ4v) is 2.68. The molecule has 2 aliphatic heterocycles. The summed E-state index contributed by atoms with van der Waals surface area (Å²) in [5.74, 6) is -3.44. The van der Waals surface area contributed by atoms with Crippen LogP contribution in [-0.4, -0.2) is 24.3 Å². The van der Waals surface area contributed by atoms with Crippen molar-refractivity contribution in [1.29, 1.82) is 0 Å². The van der Waals surface area contributed by atoms with Crippen molar-refractivity contribution in [2.75, 3.05) is 6.61 Å². The van der Waals surface area contributed by atoms with Crippen LogP contribution in [0.5, 0.6) is 0 Å². The molecular weight excluding hydrogens is 260 g/mol. The van der Waals surface area contributed by atoms with Gasteiger partial charge in [-0.3, -0.25) is 9.59 Å². The van der Waals surface area contributed by atoms with E-state index >= 15 is 0 Å². The lowest BCUT2D eigenvalue weighted by atomic mass is 9.88. The first-order chi connectivity index (χ1) is 9.48. The number of hydrogen-bond acceptors (Lipinski definition) is 5. The van der Waals surface area contributed by atoms with E-state index in [4.69, 9.17) is 14.2 Å². The minimum atomic E-state index is -1.21. The Morgan fingerprint density at radius 3 is 2.45 bits per heavy atom. The average molecular weight is 276 g/mol. The van der Waals surface area contributed by atoms with E-state index in [1.807, 2.05) is 24.3 Å². The highest BCUT2D eigenvalue weighted by atomic mass is 16.7. The zero-order valence-corrected chi connectivity index (χ0v) is 11.4. The molecule has 0 spiro atoms. The maximum atomic E-state index is 12.1. The van der Waals surface area contributed by atoms with Gasteiger partial charge in [-0.05, 0) is 17.5 Å². The van der Waals surface area contributed by atoms with Gasteiger partial charge in [-0.1, -0.05) is 24.3 Å². The fourth-order valence-electron chi connectivity index (χ4n) is 2.68. The monoisotopic (exact) mass is 276 g/mol. The summed E-state index contributed by atoms with van der Waals surface area (Å²) in [5.41, 5.74) is 1.95. The van der Waals surface area contributed by atoms with Gasteiger partial charge in [0, 0.05) is 13.8 Å². The second-order valence-corrected chi connectivity index (χ2v) is 5.46. The summed E-state index contributed by atoms with van der Waals surface area (Å²) in [5, 5.41) is 0. The number of esters is 2. The third-order valence-electron chi connectivity index (χ3n) is 3.53. The van der Waals surface area contributed by atoms with Crippen molar-refractivity contribution in [3.05, 3.63) is 35.4 Å². The molecule has 5 heteroatoms. The Labute approximate surface area is 116 Å². The predicted molar refractivity (Wildman–Crippen MR) is 68.6 cm³/mol. The Balaban J connectivity index is 1.94. The van der Waals surface area contributed by atoms with Crippen LogP contribution in [0.2, 0.25) is 0 Å². The van der Waals surface area contributed by atoms with Crippen LogP contribution in [0.15, 0.2) is 24.3 Å². The number of fused-ring (bicyclic) bond motifs is 1. The number of hydrogen-bond donors (Lipinski definition) is 0. The molecule has 2 heterocycles. The number of ether oxygens (including phenoxy) is 3. The average Bonchev–Trinajstić information content (AvgIpc) is 2.36. The van der Waals surface area contributed by atoms with E-state index < -0.39 is 29.7 Å². The third kappa shape index (κ3) is 2.18. The highest BCUT2D eigenvalue weighted by Crippen LogP contribution is 2.37. The number of carbonyl (C=O) groups excluding carboxylic acids is 2. The SMILES string of the molecule is CC1(C)OC(=O)C(C2OCCc3ccccc32)C(=O)O1. The van der Waals surface area contributed by atoms with Gasteiger partial charge in [0.2, 0.25) is 0 Å². The summed E-state index contributed by atoms with van der Waals surface area (Å²) < 4.78 is 16.0. The number of benzene rings is 1. The van der Waals surface area contributed by atoms with Crippen LogP contribution in [0.25, 0.3) is 0 Å². The highest BCUT2D eigenvalue weighted by Gasteiger charge is 2.49. The van der Waals surface area contributed by atoms with Gasteiger partial charge in [-0.25, -0.2) is 0 Å². The van der Waals surface area contributed by atoms with Gasteiger partial charge in [0.05, 0.1) is 6.61 Å². The molecule has 0 radical (unpaired) electrons. The van der Waals surface area contributed by atoms with Crippen molar-refractivity contribution in [1.82, 2.24) is 0 Å². The number of carbonyl (C=O) groups is 2. The third-order valence-corrected chi connectivity index (χ3v) is 3.53. The van der Waals surface area contributed by atoms with Crippen LogP contribution >= 0.6 is 0 Å². The largest absolute Gasteiger partial charge is 0.422 e. The van der Waals surface area contributed by atoms with Crippen LogP contribution in [0.1, 0.15) is 31.1 Å². The Hall–Kier alpha value is -1.88. The molecule has 0 N–H and O–H groups in total.